The lowest BCUT2D eigenvalue weighted by Gasteiger charge is -2.04. The van der Waals surface area contributed by atoms with Gasteiger partial charge in [0.2, 0.25) is 0 Å². The molecule has 2 rings (SSSR count). The highest BCUT2D eigenvalue weighted by molar-refractivity contribution is 7.98. The van der Waals surface area contributed by atoms with Gasteiger partial charge in [0, 0.05) is 16.9 Å². The maximum Gasteiger partial charge on any atom is 0.167 e. The first-order valence-electron chi connectivity index (χ1n) is 5.61. The Hall–Kier alpha value is -1.61. The smallest absolute Gasteiger partial charge is 0.167 e. The van der Waals surface area contributed by atoms with Gasteiger partial charge >= 0.3 is 0 Å². The molecular weight excluding hydrogens is 247 g/mol. The first-order chi connectivity index (χ1) is 8.70. The van der Waals surface area contributed by atoms with E-state index in [0.717, 1.165) is 5.56 Å². The molecule has 18 heavy (non-hydrogen) atoms. The molecule has 2 aromatic rings. The SMILES string of the molecule is CSc1ccc(C(=O)Cc2ccccc2)cc1F. The van der Waals surface area contributed by atoms with E-state index in [-0.39, 0.29) is 11.6 Å². The maximum atomic E-state index is 13.6. The van der Waals surface area contributed by atoms with Crippen LogP contribution in [0.25, 0.3) is 0 Å². The molecule has 0 aliphatic heterocycles. The summed E-state index contributed by atoms with van der Waals surface area (Å²) in [6, 6.07) is 14.1. The summed E-state index contributed by atoms with van der Waals surface area (Å²) in [6.45, 7) is 0. The van der Waals surface area contributed by atoms with E-state index < -0.39 is 0 Å². The number of halogens is 1. The van der Waals surface area contributed by atoms with Crippen LogP contribution < -0.4 is 0 Å². The standard InChI is InChI=1S/C15H13FOS/c1-18-15-8-7-12(10-13(15)16)14(17)9-11-5-3-2-4-6-11/h2-8,10H,9H2,1H3. The third-order valence-electron chi connectivity index (χ3n) is 2.68. The third-order valence-corrected chi connectivity index (χ3v) is 3.45. The summed E-state index contributed by atoms with van der Waals surface area (Å²) in [6.07, 6.45) is 2.11. The Labute approximate surface area is 110 Å². The van der Waals surface area contributed by atoms with E-state index in [1.807, 2.05) is 36.6 Å². The second-order valence-corrected chi connectivity index (χ2v) is 4.78. The molecule has 0 spiro atoms. The van der Waals surface area contributed by atoms with Gasteiger partial charge in [-0.1, -0.05) is 36.4 Å². The first kappa shape index (κ1) is 12.8. The molecule has 0 amide bonds. The normalized spacial score (nSPS) is 10.3. The van der Waals surface area contributed by atoms with E-state index >= 15 is 0 Å². The molecule has 0 radical (unpaired) electrons. The van der Waals surface area contributed by atoms with Crippen molar-refractivity contribution in [1.82, 2.24) is 0 Å². The van der Waals surface area contributed by atoms with Gasteiger partial charge in [-0.2, -0.15) is 0 Å². The highest BCUT2D eigenvalue weighted by Gasteiger charge is 2.10. The summed E-state index contributed by atoms with van der Waals surface area (Å²) in [4.78, 5) is 12.6. The van der Waals surface area contributed by atoms with Crippen LogP contribution in [0.5, 0.6) is 0 Å². The minimum Gasteiger partial charge on any atom is -0.294 e. The van der Waals surface area contributed by atoms with Crippen molar-refractivity contribution in [2.45, 2.75) is 11.3 Å². The Kier molecular flexibility index (Phi) is 4.15. The van der Waals surface area contributed by atoms with Crippen LogP contribution in [0.2, 0.25) is 0 Å². The highest BCUT2D eigenvalue weighted by Crippen LogP contribution is 2.20. The predicted octanol–water partition coefficient (Wildman–Crippen LogP) is 3.97. The number of benzene rings is 2. The van der Waals surface area contributed by atoms with Gasteiger partial charge in [0.1, 0.15) is 5.82 Å². The van der Waals surface area contributed by atoms with Crippen LogP contribution >= 0.6 is 11.8 Å². The fourth-order valence-corrected chi connectivity index (χ4v) is 2.18. The average Bonchev–Trinajstić information content (AvgIpc) is 2.39. The summed E-state index contributed by atoms with van der Waals surface area (Å²) in [7, 11) is 0. The molecule has 2 aromatic carbocycles. The lowest BCUT2D eigenvalue weighted by molar-refractivity contribution is 0.0992. The molecule has 0 saturated carbocycles. The van der Waals surface area contributed by atoms with E-state index in [9.17, 15) is 9.18 Å². The second-order valence-electron chi connectivity index (χ2n) is 3.93. The zero-order chi connectivity index (χ0) is 13.0. The minimum atomic E-state index is -0.332. The molecule has 0 bridgehead atoms. The zero-order valence-electron chi connectivity index (χ0n) is 10.0. The van der Waals surface area contributed by atoms with E-state index in [4.69, 9.17) is 0 Å². The Morgan fingerprint density at radius 1 is 1.17 bits per heavy atom. The van der Waals surface area contributed by atoms with E-state index in [2.05, 4.69) is 0 Å². The number of ketones is 1. The van der Waals surface area contributed by atoms with Crippen LogP contribution in [0, 0.1) is 5.82 Å². The predicted molar refractivity (Wildman–Crippen MR) is 72.7 cm³/mol. The molecule has 0 fully saturated rings. The molecule has 3 heteroatoms. The van der Waals surface area contributed by atoms with Crippen molar-refractivity contribution in [3.63, 3.8) is 0 Å². The van der Waals surface area contributed by atoms with Crippen LogP contribution in [0.4, 0.5) is 4.39 Å². The van der Waals surface area contributed by atoms with Crippen LogP contribution in [0.1, 0.15) is 15.9 Å². The van der Waals surface area contributed by atoms with Gasteiger partial charge in [0.15, 0.2) is 5.78 Å². The summed E-state index contributed by atoms with van der Waals surface area (Å²) in [5.74, 6) is -0.394. The lowest BCUT2D eigenvalue weighted by Crippen LogP contribution is -2.04. The molecule has 0 N–H and O–H groups in total. The number of carbonyl (C=O) groups is 1. The maximum absolute atomic E-state index is 13.6. The van der Waals surface area contributed by atoms with Gasteiger partial charge in [0.25, 0.3) is 0 Å². The van der Waals surface area contributed by atoms with E-state index in [0.29, 0.717) is 16.9 Å². The Morgan fingerprint density at radius 2 is 1.89 bits per heavy atom. The van der Waals surface area contributed by atoms with Crippen LogP contribution in [0.3, 0.4) is 0 Å². The number of carbonyl (C=O) groups excluding carboxylic acids is 1. The molecule has 0 heterocycles. The van der Waals surface area contributed by atoms with Crippen molar-refractivity contribution in [2.24, 2.45) is 0 Å². The first-order valence-corrected chi connectivity index (χ1v) is 6.84. The van der Waals surface area contributed by atoms with Crippen molar-refractivity contribution in [3.8, 4) is 0 Å². The molecule has 0 aromatic heterocycles. The molecular formula is C15H13FOS. The molecule has 0 saturated heterocycles. The van der Waals surface area contributed by atoms with Crippen molar-refractivity contribution >= 4 is 17.5 Å². The highest BCUT2D eigenvalue weighted by atomic mass is 32.2. The van der Waals surface area contributed by atoms with E-state index in [1.54, 1.807) is 12.1 Å². The molecule has 0 aliphatic rings. The fourth-order valence-electron chi connectivity index (χ4n) is 1.72. The summed E-state index contributed by atoms with van der Waals surface area (Å²) >= 11 is 1.33. The number of hydrogen-bond acceptors (Lipinski definition) is 2. The molecule has 0 atom stereocenters. The van der Waals surface area contributed by atoms with Gasteiger partial charge in [-0.15, -0.1) is 11.8 Å². The topological polar surface area (TPSA) is 17.1 Å². The Balaban J connectivity index is 2.17. The van der Waals surface area contributed by atoms with Crippen LogP contribution in [0.15, 0.2) is 53.4 Å². The molecule has 0 unspecified atom stereocenters. The molecule has 1 nitrogen and oxygen atoms in total. The van der Waals surface area contributed by atoms with Crippen molar-refractivity contribution < 1.29 is 9.18 Å². The number of thioether (sulfide) groups is 1. The van der Waals surface area contributed by atoms with E-state index in [1.165, 1.54) is 17.8 Å². The fraction of sp³-hybridized carbons (Fsp3) is 0.133. The van der Waals surface area contributed by atoms with Gasteiger partial charge < -0.3 is 0 Å². The quantitative estimate of drug-likeness (QED) is 0.611. The van der Waals surface area contributed by atoms with Gasteiger partial charge in [-0.3, -0.25) is 4.79 Å². The van der Waals surface area contributed by atoms with Crippen molar-refractivity contribution in [3.05, 3.63) is 65.5 Å². The monoisotopic (exact) mass is 260 g/mol. The summed E-state index contributed by atoms with van der Waals surface area (Å²) in [5.41, 5.74) is 1.37. The van der Waals surface area contributed by atoms with Gasteiger partial charge in [0.05, 0.1) is 0 Å². The molecule has 0 aliphatic carbocycles. The van der Waals surface area contributed by atoms with Crippen molar-refractivity contribution in [2.75, 3.05) is 6.26 Å². The lowest BCUT2D eigenvalue weighted by atomic mass is 10.0. The van der Waals surface area contributed by atoms with Crippen molar-refractivity contribution in [1.29, 1.82) is 0 Å². The Bertz CT molecular complexity index is 552. The Morgan fingerprint density at radius 3 is 2.50 bits per heavy atom. The largest absolute Gasteiger partial charge is 0.294 e. The van der Waals surface area contributed by atoms with Gasteiger partial charge in [-0.05, 0) is 24.0 Å². The summed E-state index contributed by atoms with van der Waals surface area (Å²) in [5, 5.41) is 0. The minimum absolute atomic E-state index is 0.0623. The second kappa shape index (κ2) is 5.83. The average molecular weight is 260 g/mol. The third kappa shape index (κ3) is 2.99. The molecule has 92 valence electrons. The van der Waals surface area contributed by atoms with Crippen LogP contribution in [-0.4, -0.2) is 12.0 Å². The zero-order valence-corrected chi connectivity index (χ0v) is 10.8. The van der Waals surface area contributed by atoms with Crippen LogP contribution in [-0.2, 0) is 6.42 Å². The number of Topliss-reactive ketones (excluding diaryl/α,β-unsaturated/α-hetero) is 1. The number of rotatable bonds is 4. The summed E-state index contributed by atoms with van der Waals surface area (Å²) < 4.78 is 13.6. The number of hydrogen-bond donors (Lipinski definition) is 0. The van der Waals surface area contributed by atoms with Gasteiger partial charge in [-0.25, -0.2) is 4.39 Å².